The van der Waals surface area contributed by atoms with E-state index in [1.54, 1.807) is 30.3 Å². The highest BCUT2D eigenvalue weighted by atomic mass is 16.2. The number of anilines is 2. The van der Waals surface area contributed by atoms with Gasteiger partial charge < -0.3 is 10.6 Å². The molecular formula is C24H19N3O2. The fraction of sp³-hybridized carbons (Fsp3) is 0.0417. The van der Waals surface area contributed by atoms with Crippen LogP contribution in [0.15, 0.2) is 84.9 Å². The van der Waals surface area contributed by atoms with Gasteiger partial charge in [-0.25, -0.2) is 4.98 Å². The van der Waals surface area contributed by atoms with E-state index >= 15 is 0 Å². The summed E-state index contributed by atoms with van der Waals surface area (Å²) in [6.07, 6.45) is 0. The summed E-state index contributed by atoms with van der Waals surface area (Å²) in [7, 11) is 0. The third kappa shape index (κ3) is 4.47. The standard InChI is InChI=1S/C18H15N3O2.C6H4/c1-12(22)19-16-9-5-3-7-14(16)18(23)21-17-11-10-13-6-2-4-8-15(13)20-17;1-2-5-4-6(5)3-1/h2-11H,1H3,(H,19,22)(H,20,21,23);1-4H. The number of amides is 2. The van der Waals surface area contributed by atoms with Crippen molar-refractivity contribution in [1.82, 2.24) is 4.98 Å². The molecule has 5 heteroatoms. The molecule has 29 heavy (non-hydrogen) atoms. The van der Waals surface area contributed by atoms with Crippen molar-refractivity contribution in [2.75, 3.05) is 10.6 Å². The van der Waals surface area contributed by atoms with Gasteiger partial charge >= 0.3 is 0 Å². The van der Waals surface area contributed by atoms with Gasteiger partial charge in [0, 0.05) is 12.3 Å². The van der Waals surface area contributed by atoms with Crippen molar-refractivity contribution in [2.24, 2.45) is 0 Å². The highest BCUT2D eigenvalue weighted by molar-refractivity contribution is 6.09. The zero-order chi connectivity index (χ0) is 20.2. The Morgan fingerprint density at radius 2 is 1.48 bits per heavy atom. The Bertz CT molecular complexity index is 1200. The number of fused-ring (bicyclic) bond motifs is 2. The van der Waals surface area contributed by atoms with Crippen LogP contribution in [0.3, 0.4) is 0 Å². The second-order valence-electron chi connectivity index (χ2n) is 6.65. The van der Waals surface area contributed by atoms with Crippen LogP contribution in [-0.4, -0.2) is 16.8 Å². The number of nitrogens with one attached hydrogen (secondary N) is 2. The van der Waals surface area contributed by atoms with E-state index in [0.29, 0.717) is 17.1 Å². The second-order valence-corrected chi connectivity index (χ2v) is 6.65. The summed E-state index contributed by atoms with van der Waals surface area (Å²) in [5.74, 6) is -0.0856. The van der Waals surface area contributed by atoms with Crippen molar-refractivity contribution in [3.63, 3.8) is 0 Å². The zero-order valence-electron chi connectivity index (χ0n) is 15.8. The Balaban J connectivity index is 0.000000286. The van der Waals surface area contributed by atoms with Gasteiger partial charge in [-0.15, -0.1) is 0 Å². The van der Waals surface area contributed by atoms with Gasteiger partial charge in [-0.05, 0) is 47.5 Å². The maximum atomic E-state index is 12.5. The molecule has 0 atom stereocenters. The van der Waals surface area contributed by atoms with Crippen LogP contribution in [0, 0.1) is 0 Å². The molecule has 0 saturated heterocycles. The Morgan fingerprint density at radius 1 is 0.759 bits per heavy atom. The van der Waals surface area contributed by atoms with Crippen LogP contribution in [0.5, 0.6) is 0 Å². The highest BCUT2D eigenvalue weighted by Crippen LogP contribution is 2.32. The van der Waals surface area contributed by atoms with Gasteiger partial charge in [-0.3, -0.25) is 9.59 Å². The molecule has 2 aliphatic rings. The number of hydrogen-bond acceptors (Lipinski definition) is 3. The molecule has 0 spiro atoms. The molecule has 2 amide bonds. The average molecular weight is 381 g/mol. The molecule has 5 nitrogen and oxygen atoms in total. The lowest BCUT2D eigenvalue weighted by Gasteiger charge is -2.10. The van der Waals surface area contributed by atoms with E-state index in [1.807, 2.05) is 30.3 Å². The van der Waals surface area contributed by atoms with Crippen LogP contribution in [0.25, 0.3) is 22.0 Å². The fourth-order valence-electron chi connectivity index (χ4n) is 2.97. The number of pyridine rings is 1. The molecule has 0 fully saturated rings. The number of aromatic nitrogens is 1. The molecule has 3 aromatic rings. The second kappa shape index (κ2) is 7.94. The molecule has 0 bridgehead atoms. The first-order chi connectivity index (χ1) is 14.1. The molecule has 0 radical (unpaired) electrons. The topological polar surface area (TPSA) is 71.1 Å². The number of benzene rings is 3. The van der Waals surface area contributed by atoms with E-state index in [1.165, 1.54) is 18.1 Å². The molecule has 1 heterocycles. The number of carbonyl (C=O) groups is 2. The summed E-state index contributed by atoms with van der Waals surface area (Å²) in [5.41, 5.74) is 4.52. The Labute approximate surface area is 168 Å². The smallest absolute Gasteiger partial charge is 0.258 e. The third-order valence-electron chi connectivity index (χ3n) is 4.43. The Hall–Kier alpha value is -3.99. The predicted molar refractivity (Wildman–Crippen MR) is 116 cm³/mol. The minimum absolute atomic E-state index is 0.228. The van der Waals surface area contributed by atoms with Crippen LogP contribution in [0.2, 0.25) is 0 Å². The lowest BCUT2D eigenvalue weighted by molar-refractivity contribution is -0.114. The van der Waals surface area contributed by atoms with Gasteiger partial charge in [-0.1, -0.05) is 48.5 Å². The molecule has 1 aromatic heterocycles. The van der Waals surface area contributed by atoms with Crippen molar-refractivity contribution in [1.29, 1.82) is 0 Å². The zero-order valence-corrected chi connectivity index (χ0v) is 15.8. The van der Waals surface area contributed by atoms with E-state index < -0.39 is 0 Å². The normalized spacial score (nSPS) is 10.5. The Morgan fingerprint density at radius 3 is 2.17 bits per heavy atom. The van der Waals surface area contributed by atoms with Crippen molar-refractivity contribution < 1.29 is 9.59 Å². The van der Waals surface area contributed by atoms with Crippen molar-refractivity contribution in [3.05, 3.63) is 90.5 Å². The summed E-state index contributed by atoms with van der Waals surface area (Å²) < 4.78 is 0. The first-order valence-electron chi connectivity index (χ1n) is 9.24. The molecule has 5 rings (SSSR count). The quantitative estimate of drug-likeness (QED) is 0.456. The number of carbonyl (C=O) groups excluding carboxylic acids is 2. The molecule has 2 aliphatic carbocycles. The Kier molecular flexibility index (Phi) is 5.03. The monoisotopic (exact) mass is 381 g/mol. The molecule has 142 valence electrons. The summed E-state index contributed by atoms with van der Waals surface area (Å²) in [5, 5.41) is 6.42. The SMILES string of the molecule is CC(=O)Nc1ccccc1C(=O)Nc1ccc2ccccc2n1.c1cc2cc-2c1. The van der Waals surface area contributed by atoms with E-state index in [9.17, 15) is 9.59 Å². The van der Waals surface area contributed by atoms with Crippen molar-refractivity contribution in [3.8, 4) is 11.1 Å². The summed E-state index contributed by atoms with van der Waals surface area (Å²) in [6, 6.07) is 26.7. The van der Waals surface area contributed by atoms with Crippen LogP contribution in [-0.2, 0) is 4.79 Å². The highest BCUT2D eigenvalue weighted by Gasteiger charge is 2.12. The van der Waals surface area contributed by atoms with E-state index in [-0.39, 0.29) is 11.8 Å². The maximum Gasteiger partial charge on any atom is 0.258 e. The number of para-hydroxylation sites is 2. The number of rotatable bonds is 3. The van der Waals surface area contributed by atoms with E-state index in [4.69, 9.17) is 0 Å². The third-order valence-corrected chi connectivity index (χ3v) is 4.43. The van der Waals surface area contributed by atoms with Gasteiger partial charge in [0.1, 0.15) is 5.82 Å². The van der Waals surface area contributed by atoms with Crippen LogP contribution >= 0.6 is 0 Å². The van der Waals surface area contributed by atoms with E-state index in [2.05, 4.69) is 39.9 Å². The molecule has 0 unspecified atom stereocenters. The van der Waals surface area contributed by atoms with Gasteiger partial charge in [-0.2, -0.15) is 0 Å². The molecule has 0 saturated carbocycles. The summed E-state index contributed by atoms with van der Waals surface area (Å²) in [4.78, 5) is 28.1. The van der Waals surface area contributed by atoms with E-state index in [0.717, 1.165) is 10.9 Å². The molecule has 0 aliphatic heterocycles. The van der Waals surface area contributed by atoms with Gasteiger partial charge in [0.25, 0.3) is 5.91 Å². The first kappa shape index (κ1) is 18.4. The number of hydrogen-bond donors (Lipinski definition) is 2. The minimum Gasteiger partial charge on any atom is -0.326 e. The van der Waals surface area contributed by atoms with Crippen LogP contribution < -0.4 is 10.6 Å². The minimum atomic E-state index is -0.322. The van der Waals surface area contributed by atoms with Crippen molar-refractivity contribution in [2.45, 2.75) is 6.92 Å². The summed E-state index contributed by atoms with van der Waals surface area (Å²) >= 11 is 0. The van der Waals surface area contributed by atoms with Gasteiger partial charge in [0.2, 0.25) is 5.91 Å². The largest absolute Gasteiger partial charge is 0.326 e. The lowest BCUT2D eigenvalue weighted by atomic mass is 10.1. The maximum absolute atomic E-state index is 12.5. The lowest BCUT2D eigenvalue weighted by Crippen LogP contribution is -2.17. The molecule has 2 N–H and O–H groups in total. The predicted octanol–water partition coefficient (Wildman–Crippen LogP) is 5.11. The molecule has 2 aromatic carbocycles. The van der Waals surface area contributed by atoms with Crippen LogP contribution in [0.4, 0.5) is 11.5 Å². The molecular weight excluding hydrogens is 362 g/mol. The van der Waals surface area contributed by atoms with Gasteiger partial charge in [0.15, 0.2) is 0 Å². The van der Waals surface area contributed by atoms with Gasteiger partial charge in [0.05, 0.1) is 16.8 Å². The first-order valence-corrected chi connectivity index (χ1v) is 9.24. The fourth-order valence-corrected chi connectivity index (χ4v) is 2.97. The average Bonchev–Trinajstić information content (AvgIpc) is 3.33. The van der Waals surface area contributed by atoms with Crippen molar-refractivity contribution >= 4 is 34.2 Å². The summed E-state index contributed by atoms with van der Waals surface area (Å²) in [6.45, 7) is 1.40. The number of nitrogens with zero attached hydrogens (tertiary/aromatic N) is 1. The van der Waals surface area contributed by atoms with Crippen LogP contribution in [0.1, 0.15) is 17.3 Å².